The second-order valence-corrected chi connectivity index (χ2v) is 8.55. The number of fused-ring (bicyclic) bond motifs is 1. The smallest absolute Gasteiger partial charge is 0.263 e. The molecule has 0 saturated carbocycles. The van der Waals surface area contributed by atoms with Gasteiger partial charge in [-0.2, -0.15) is 0 Å². The van der Waals surface area contributed by atoms with E-state index in [1.54, 1.807) is 4.57 Å². The number of rotatable bonds is 6. The summed E-state index contributed by atoms with van der Waals surface area (Å²) in [4.78, 5) is 35.0. The molecular weight excluding hydrogens is 378 g/mol. The fourth-order valence-corrected chi connectivity index (χ4v) is 4.61. The number of pyridine rings is 1. The van der Waals surface area contributed by atoms with Gasteiger partial charge in [-0.1, -0.05) is 0 Å². The predicted octanol–water partition coefficient (Wildman–Crippen LogP) is 1.72. The standard InChI is InChI=1S/C23H31N5O2/c1-15-9-12-28(14-17-5-4-10-24-13-17)23(30)21(15)22(29)25-11-8-20-26-16(2)18-6-3-7-19(18)27-20/h9,12,17,24H,3-8,10-11,13-14H2,1-2H3,(H,25,29). The Bertz CT molecular complexity index is 992. The monoisotopic (exact) mass is 409 g/mol. The number of piperidine rings is 1. The Morgan fingerprint density at radius 2 is 2.13 bits per heavy atom. The van der Waals surface area contributed by atoms with Crippen LogP contribution in [0.25, 0.3) is 0 Å². The van der Waals surface area contributed by atoms with Crippen LogP contribution in [0.2, 0.25) is 0 Å². The molecule has 30 heavy (non-hydrogen) atoms. The highest BCUT2D eigenvalue weighted by Gasteiger charge is 2.20. The summed E-state index contributed by atoms with van der Waals surface area (Å²) < 4.78 is 1.69. The van der Waals surface area contributed by atoms with Crippen LogP contribution in [0.1, 0.15) is 58.0 Å². The maximum absolute atomic E-state index is 13.0. The van der Waals surface area contributed by atoms with E-state index in [-0.39, 0.29) is 17.0 Å². The number of nitrogens with zero attached hydrogens (tertiary/aromatic N) is 3. The van der Waals surface area contributed by atoms with Crippen LogP contribution in [0.4, 0.5) is 0 Å². The van der Waals surface area contributed by atoms with Gasteiger partial charge in [0.1, 0.15) is 11.4 Å². The molecule has 7 heteroatoms. The number of hydrogen-bond donors (Lipinski definition) is 2. The highest BCUT2D eigenvalue weighted by Crippen LogP contribution is 2.22. The highest BCUT2D eigenvalue weighted by atomic mass is 16.2. The molecular formula is C23H31N5O2. The first-order valence-electron chi connectivity index (χ1n) is 11.1. The van der Waals surface area contributed by atoms with E-state index in [0.717, 1.165) is 62.4 Å². The van der Waals surface area contributed by atoms with Gasteiger partial charge in [-0.25, -0.2) is 9.97 Å². The number of carbonyl (C=O) groups excluding carboxylic acids is 1. The lowest BCUT2D eigenvalue weighted by atomic mass is 9.99. The average molecular weight is 410 g/mol. The Balaban J connectivity index is 1.41. The SMILES string of the molecule is Cc1ccn(CC2CCCNC2)c(=O)c1C(=O)NCCc1nc(C)c2c(n1)CCC2. The van der Waals surface area contributed by atoms with Crippen LogP contribution in [0.3, 0.4) is 0 Å². The van der Waals surface area contributed by atoms with E-state index in [4.69, 9.17) is 0 Å². The Morgan fingerprint density at radius 1 is 1.27 bits per heavy atom. The van der Waals surface area contributed by atoms with Crippen LogP contribution in [0.15, 0.2) is 17.1 Å². The van der Waals surface area contributed by atoms with Crippen LogP contribution < -0.4 is 16.2 Å². The first kappa shape index (κ1) is 20.7. The predicted molar refractivity (Wildman–Crippen MR) is 116 cm³/mol. The molecule has 1 unspecified atom stereocenters. The van der Waals surface area contributed by atoms with E-state index in [9.17, 15) is 9.59 Å². The van der Waals surface area contributed by atoms with Gasteiger partial charge in [0, 0.05) is 37.1 Å². The lowest BCUT2D eigenvalue weighted by Crippen LogP contribution is -2.38. The first-order chi connectivity index (χ1) is 14.5. The Kier molecular flexibility index (Phi) is 6.27. The van der Waals surface area contributed by atoms with Crippen molar-refractivity contribution in [2.75, 3.05) is 19.6 Å². The summed E-state index contributed by atoms with van der Waals surface area (Å²) in [5.74, 6) is 0.877. The van der Waals surface area contributed by atoms with Gasteiger partial charge in [-0.05, 0) is 82.2 Å². The third-order valence-corrected chi connectivity index (χ3v) is 6.27. The van der Waals surface area contributed by atoms with Gasteiger partial charge in [0.05, 0.1) is 0 Å². The normalized spacial score (nSPS) is 18.3. The minimum atomic E-state index is -0.313. The van der Waals surface area contributed by atoms with Crippen molar-refractivity contribution in [3.63, 3.8) is 0 Å². The topological polar surface area (TPSA) is 88.9 Å². The fraction of sp³-hybridized carbons (Fsp3) is 0.565. The largest absolute Gasteiger partial charge is 0.351 e. The molecule has 0 radical (unpaired) electrons. The zero-order valence-corrected chi connectivity index (χ0v) is 18.0. The van der Waals surface area contributed by atoms with Gasteiger partial charge >= 0.3 is 0 Å². The van der Waals surface area contributed by atoms with E-state index in [1.807, 2.05) is 26.1 Å². The van der Waals surface area contributed by atoms with Crippen LogP contribution >= 0.6 is 0 Å². The van der Waals surface area contributed by atoms with Gasteiger partial charge in [0.15, 0.2) is 0 Å². The number of aryl methyl sites for hydroxylation is 3. The zero-order valence-electron chi connectivity index (χ0n) is 18.0. The van der Waals surface area contributed by atoms with Crippen molar-refractivity contribution >= 4 is 5.91 Å². The average Bonchev–Trinajstić information content (AvgIpc) is 3.20. The third kappa shape index (κ3) is 4.46. The van der Waals surface area contributed by atoms with E-state index in [0.29, 0.717) is 31.0 Å². The van der Waals surface area contributed by atoms with E-state index in [2.05, 4.69) is 20.6 Å². The number of carbonyl (C=O) groups is 1. The van der Waals surface area contributed by atoms with Crippen LogP contribution in [0.5, 0.6) is 0 Å². The minimum absolute atomic E-state index is 0.206. The second-order valence-electron chi connectivity index (χ2n) is 8.55. The van der Waals surface area contributed by atoms with Gasteiger partial charge in [0.25, 0.3) is 11.5 Å². The molecule has 2 aliphatic rings. The number of hydrogen-bond acceptors (Lipinski definition) is 5. The lowest BCUT2D eigenvalue weighted by Gasteiger charge is -2.23. The summed E-state index contributed by atoms with van der Waals surface area (Å²) >= 11 is 0. The van der Waals surface area contributed by atoms with E-state index >= 15 is 0 Å². The number of amides is 1. The molecule has 2 aromatic heterocycles. The quantitative estimate of drug-likeness (QED) is 0.758. The molecule has 1 amide bonds. The summed E-state index contributed by atoms with van der Waals surface area (Å²) in [6, 6.07) is 1.86. The number of nitrogens with one attached hydrogen (secondary N) is 2. The molecule has 0 spiro atoms. The van der Waals surface area contributed by atoms with Crippen molar-refractivity contribution in [3.05, 3.63) is 56.5 Å². The van der Waals surface area contributed by atoms with Crippen molar-refractivity contribution < 1.29 is 4.79 Å². The van der Waals surface area contributed by atoms with Crippen molar-refractivity contribution in [1.29, 1.82) is 0 Å². The molecule has 3 heterocycles. The van der Waals surface area contributed by atoms with Crippen LogP contribution in [-0.4, -0.2) is 40.1 Å². The fourth-order valence-electron chi connectivity index (χ4n) is 4.61. The number of aromatic nitrogens is 3. The summed E-state index contributed by atoms with van der Waals surface area (Å²) in [6.07, 6.45) is 7.82. The molecule has 0 bridgehead atoms. The highest BCUT2D eigenvalue weighted by molar-refractivity contribution is 5.95. The maximum Gasteiger partial charge on any atom is 0.263 e. The van der Waals surface area contributed by atoms with Crippen molar-refractivity contribution in [1.82, 2.24) is 25.2 Å². The van der Waals surface area contributed by atoms with E-state index < -0.39 is 0 Å². The van der Waals surface area contributed by atoms with Crippen LogP contribution in [0, 0.1) is 19.8 Å². The van der Waals surface area contributed by atoms with Crippen LogP contribution in [-0.2, 0) is 25.8 Å². The Morgan fingerprint density at radius 3 is 2.93 bits per heavy atom. The summed E-state index contributed by atoms with van der Waals surface area (Å²) in [7, 11) is 0. The molecule has 160 valence electrons. The van der Waals surface area contributed by atoms with Gasteiger partial charge < -0.3 is 15.2 Å². The minimum Gasteiger partial charge on any atom is -0.351 e. The molecule has 7 nitrogen and oxygen atoms in total. The molecule has 2 N–H and O–H groups in total. The molecule has 1 atom stereocenters. The molecule has 1 fully saturated rings. The molecule has 1 aliphatic heterocycles. The van der Waals surface area contributed by atoms with Crippen molar-refractivity contribution in [3.8, 4) is 0 Å². The molecule has 4 rings (SSSR count). The summed E-state index contributed by atoms with van der Waals surface area (Å²) in [6.45, 7) is 6.87. The zero-order chi connectivity index (χ0) is 21.1. The third-order valence-electron chi connectivity index (χ3n) is 6.27. The van der Waals surface area contributed by atoms with Gasteiger partial charge in [-0.15, -0.1) is 0 Å². The van der Waals surface area contributed by atoms with Gasteiger partial charge in [0.2, 0.25) is 0 Å². The molecule has 1 aliphatic carbocycles. The van der Waals surface area contributed by atoms with Crippen molar-refractivity contribution in [2.24, 2.45) is 5.92 Å². The summed E-state index contributed by atoms with van der Waals surface area (Å²) in [5, 5.41) is 6.28. The summed E-state index contributed by atoms with van der Waals surface area (Å²) in [5.41, 5.74) is 4.24. The first-order valence-corrected chi connectivity index (χ1v) is 11.1. The molecule has 0 aromatic carbocycles. The molecule has 2 aromatic rings. The Hall–Kier alpha value is -2.54. The maximum atomic E-state index is 13.0. The van der Waals surface area contributed by atoms with E-state index in [1.165, 1.54) is 5.56 Å². The van der Waals surface area contributed by atoms with Crippen molar-refractivity contribution in [2.45, 2.75) is 58.9 Å². The lowest BCUT2D eigenvalue weighted by molar-refractivity contribution is 0.0951. The second kappa shape index (κ2) is 9.08. The Labute approximate surface area is 177 Å². The molecule has 1 saturated heterocycles. The van der Waals surface area contributed by atoms with Gasteiger partial charge in [-0.3, -0.25) is 9.59 Å².